The first-order valence-electron chi connectivity index (χ1n) is 5.43. The number of benzene rings is 1. The molecule has 0 saturated carbocycles. The molecular weight excluding hydrogens is 335 g/mol. The van der Waals surface area contributed by atoms with E-state index < -0.39 is 0 Å². The molecule has 2 atom stereocenters. The first kappa shape index (κ1) is 9.95. The fourth-order valence-corrected chi connectivity index (χ4v) is 3.18. The monoisotopic (exact) mass is 344 g/mol. The van der Waals surface area contributed by atoms with Gasteiger partial charge in [0.15, 0.2) is 5.75 Å². The van der Waals surface area contributed by atoms with E-state index in [1.165, 1.54) is 0 Å². The molecule has 2 aliphatic rings. The number of aromatic amines is 1. The zero-order valence-corrected chi connectivity index (χ0v) is 10.9. The SMILES string of the molecule is O=c1[nH]c2ccc(I)c3c2n1[C@H]1COC[C@H]1O3. The van der Waals surface area contributed by atoms with Crippen LogP contribution in [0.5, 0.6) is 5.75 Å². The van der Waals surface area contributed by atoms with Crippen molar-refractivity contribution in [2.75, 3.05) is 13.2 Å². The number of hydrogen-bond donors (Lipinski definition) is 1. The highest BCUT2D eigenvalue weighted by Crippen LogP contribution is 2.39. The Morgan fingerprint density at radius 1 is 1.41 bits per heavy atom. The number of fused-ring (bicyclic) bond motifs is 2. The molecule has 17 heavy (non-hydrogen) atoms. The Kier molecular flexibility index (Phi) is 1.91. The average Bonchev–Trinajstić information content (AvgIpc) is 2.88. The minimum absolute atomic E-state index is 0.00181. The molecule has 0 amide bonds. The predicted molar refractivity (Wildman–Crippen MR) is 69.5 cm³/mol. The van der Waals surface area contributed by atoms with Crippen molar-refractivity contribution in [1.82, 2.24) is 9.55 Å². The molecule has 1 N–H and O–H groups in total. The molecule has 0 aliphatic carbocycles. The van der Waals surface area contributed by atoms with Gasteiger partial charge in [0.25, 0.3) is 0 Å². The summed E-state index contributed by atoms with van der Waals surface area (Å²) in [5, 5.41) is 0. The van der Waals surface area contributed by atoms with Crippen LogP contribution in [0.15, 0.2) is 16.9 Å². The van der Waals surface area contributed by atoms with E-state index >= 15 is 0 Å². The van der Waals surface area contributed by atoms with Crippen molar-refractivity contribution in [1.29, 1.82) is 0 Å². The first-order chi connectivity index (χ1) is 8.25. The molecule has 2 aliphatic heterocycles. The summed E-state index contributed by atoms with van der Waals surface area (Å²) in [5.41, 5.74) is 1.62. The van der Waals surface area contributed by atoms with E-state index in [0.29, 0.717) is 13.2 Å². The van der Waals surface area contributed by atoms with Gasteiger partial charge in [-0.05, 0) is 34.7 Å². The van der Waals surface area contributed by atoms with Crippen molar-refractivity contribution < 1.29 is 9.47 Å². The summed E-state index contributed by atoms with van der Waals surface area (Å²) in [7, 11) is 0. The van der Waals surface area contributed by atoms with Crippen LogP contribution in [0.2, 0.25) is 0 Å². The van der Waals surface area contributed by atoms with E-state index in [4.69, 9.17) is 9.47 Å². The lowest BCUT2D eigenvalue weighted by Gasteiger charge is -2.27. The molecule has 0 bridgehead atoms. The Hall–Kier alpha value is -1.02. The van der Waals surface area contributed by atoms with Gasteiger partial charge < -0.3 is 14.5 Å². The normalized spacial score (nSPS) is 25.9. The van der Waals surface area contributed by atoms with Crippen molar-refractivity contribution >= 4 is 33.6 Å². The van der Waals surface area contributed by atoms with E-state index in [9.17, 15) is 4.79 Å². The highest BCUT2D eigenvalue weighted by Gasteiger charge is 2.39. The van der Waals surface area contributed by atoms with Crippen LogP contribution in [0.3, 0.4) is 0 Å². The number of H-pyrrole nitrogens is 1. The van der Waals surface area contributed by atoms with Gasteiger partial charge in [-0.25, -0.2) is 4.79 Å². The van der Waals surface area contributed by atoms with Crippen LogP contribution in [0.1, 0.15) is 6.04 Å². The van der Waals surface area contributed by atoms with E-state index in [1.807, 2.05) is 12.1 Å². The fourth-order valence-electron chi connectivity index (χ4n) is 2.62. The zero-order valence-electron chi connectivity index (χ0n) is 8.77. The Labute approximate surface area is 110 Å². The van der Waals surface area contributed by atoms with Gasteiger partial charge in [-0.15, -0.1) is 0 Å². The Morgan fingerprint density at radius 2 is 2.29 bits per heavy atom. The van der Waals surface area contributed by atoms with Gasteiger partial charge in [0.2, 0.25) is 0 Å². The van der Waals surface area contributed by atoms with Crippen LogP contribution in [-0.4, -0.2) is 28.9 Å². The maximum Gasteiger partial charge on any atom is 0.327 e. The lowest BCUT2D eigenvalue weighted by Crippen LogP contribution is -2.36. The van der Waals surface area contributed by atoms with Crippen LogP contribution in [0.25, 0.3) is 11.0 Å². The third-order valence-corrected chi connectivity index (χ3v) is 4.23. The summed E-state index contributed by atoms with van der Waals surface area (Å²) >= 11 is 2.23. The number of rotatable bonds is 0. The van der Waals surface area contributed by atoms with Crippen LogP contribution < -0.4 is 10.4 Å². The van der Waals surface area contributed by atoms with Gasteiger partial charge in [-0.3, -0.25) is 4.57 Å². The molecule has 1 fully saturated rings. The molecule has 3 heterocycles. The molecule has 88 valence electrons. The fraction of sp³-hybridized carbons (Fsp3) is 0.364. The van der Waals surface area contributed by atoms with Crippen LogP contribution >= 0.6 is 22.6 Å². The topological polar surface area (TPSA) is 56.2 Å². The lowest BCUT2D eigenvalue weighted by atomic mass is 10.1. The van der Waals surface area contributed by atoms with Gasteiger partial charge in [0, 0.05) is 0 Å². The minimum Gasteiger partial charge on any atom is -0.482 e. The van der Waals surface area contributed by atoms with Crippen molar-refractivity contribution in [2.45, 2.75) is 12.1 Å². The summed E-state index contributed by atoms with van der Waals surface area (Å²) in [6.45, 7) is 1.09. The Bertz CT molecular complexity index is 675. The molecule has 5 nitrogen and oxygen atoms in total. The van der Waals surface area contributed by atoms with E-state index in [1.54, 1.807) is 4.57 Å². The number of halogens is 1. The Balaban J connectivity index is 2.15. The van der Waals surface area contributed by atoms with Crippen LogP contribution in [0, 0.1) is 3.57 Å². The maximum absolute atomic E-state index is 12.0. The molecule has 6 heteroatoms. The van der Waals surface area contributed by atoms with Crippen molar-refractivity contribution in [3.8, 4) is 5.75 Å². The number of nitrogens with one attached hydrogen (secondary N) is 1. The Morgan fingerprint density at radius 3 is 3.18 bits per heavy atom. The maximum atomic E-state index is 12.0. The van der Waals surface area contributed by atoms with Crippen LogP contribution in [0.4, 0.5) is 0 Å². The second kappa shape index (κ2) is 3.26. The predicted octanol–water partition coefficient (Wildman–Crippen LogP) is 1.27. The van der Waals surface area contributed by atoms with Gasteiger partial charge >= 0.3 is 5.69 Å². The van der Waals surface area contributed by atoms with Crippen molar-refractivity contribution in [2.24, 2.45) is 0 Å². The number of imidazole rings is 1. The largest absolute Gasteiger partial charge is 0.482 e. The van der Waals surface area contributed by atoms with Gasteiger partial charge in [0.05, 0.1) is 22.3 Å². The molecule has 1 aromatic heterocycles. The molecule has 0 unspecified atom stereocenters. The number of nitrogens with zero attached hydrogens (tertiary/aromatic N) is 1. The molecule has 1 saturated heterocycles. The van der Waals surface area contributed by atoms with Crippen molar-refractivity contribution in [3.05, 3.63) is 26.2 Å². The molecule has 2 aromatic rings. The van der Waals surface area contributed by atoms with Gasteiger partial charge in [0.1, 0.15) is 17.7 Å². The van der Waals surface area contributed by atoms with E-state index in [2.05, 4.69) is 27.6 Å². The third kappa shape index (κ3) is 1.19. The van der Waals surface area contributed by atoms with Gasteiger partial charge in [-0.2, -0.15) is 0 Å². The first-order valence-corrected chi connectivity index (χ1v) is 6.50. The molecule has 0 radical (unpaired) electrons. The molecule has 0 spiro atoms. The lowest BCUT2D eigenvalue weighted by molar-refractivity contribution is 0.133. The summed E-state index contributed by atoms with van der Waals surface area (Å²) in [6.07, 6.45) is -0.0462. The summed E-state index contributed by atoms with van der Waals surface area (Å²) in [5.74, 6) is 0.799. The highest BCUT2D eigenvalue weighted by molar-refractivity contribution is 14.1. The standard InChI is InChI=1S/C11H9IN2O3/c12-5-1-2-6-9-10(5)17-8-4-16-3-7(8)14(9)11(15)13-6/h1-2,7-8H,3-4H2,(H,13,15)/t7-,8+/m0/s1. The highest BCUT2D eigenvalue weighted by atomic mass is 127. The molecule has 4 rings (SSSR count). The number of aromatic nitrogens is 2. The second-order valence-corrected chi connectivity index (χ2v) is 5.50. The summed E-state index contributed by atoms with van der Waals surface area (Å²) < 4.78 is 14.2. The average molecular weight is 344 g/mol. The smallest absolute Gasteiger partial charge is 0.327 e. The summed E-state index contributed by atoms with van der Waals surface area (Å²) in [6, 6.07) is 3.87. The quantitative estimate of drug-likeness (QED) is 0.733. The van der Waals surface area contributed by atoms with E-state index in [-0.39, 0.29) is 17.8 Å². The zero-order chi connectivity index (χ0) is 11.6. The van der Waals surface area contributed by atoms with Crippen molar-refractivity contribution in [3.63, 3.8) is 0 Å². The van der Waals surface area contributed by atoms with Gasteiger partial charge in [-0.1, -0.05) is 0 Å². The third-order valence-electron chi connectivity index (χ3n) is 3.39. The second-order valence-electron chi connectivity index (χ2n) is 4.33. The van der Waals surface area contributed by atoms with Crippen LogP contribution in [-0.2, 0) is 4.74 Å². The summed E-state index contributed by atoms with van der Waals surface area (Å²) in [4.78, 5) is 14.9. The molecular formula is C11H9IN2O3. The molecule has 1 aromatic carbocycles. The minimum atomic E-state index is -0.0768. The number of hydrogen-bond acceptors (Lipinski definition) is 3. The number of ether oxygens (including phenoxy) is 2. The van der Waals surface area contributed by atoms with E-state index in [0.717, 1.165) is 20.4 Å².